The first-order chi connectivity index (χ1) is 11.0. The number of benzene rings is 1. The van der Waals surface area contributed by atoms with Crippen molar-refractivity contribution in [2.24, 2.45) is 0 Å². The molecule has 2 rings (SSSR count). The van der Waals surface area contributed by atoms with Crippen LogP contribution >= 0.6 is 0 Å². The van der Waals surface area contributed by atoms with Gasteiger partial charge in [0.2, 0.25) is 5.91 Å². The van der Waals surface area contributed by atoms with Gasteiger partial charge in [-0.25, -0.2) is 4.98 Å². The normalized spacial score (nSPS) is 10.0. The van der Waals surface area contributed by atoms with Crippen LogP contribution in [-0.4, -0.2) is 23.9 Å². The van der Waals surface area contributed by atoms with E-state index in [1.807, 2.05) is 6.92 Å². The van der Waals surface area contributed by atoms with Gasteiger partial charge in [0.1, 0.15) is 11.6 Å². The number of rotatable bonds is 5. The maximum Gasteiger partial charge on any atom is 0.255 e. The molecule has 0 bridgehead atoms. The lowest BCUT2D eigenvalue weighted by Crippen LogP contribution is -2.14. The van der Waals surface area contributed by atoms with Crippen molar-refractivity contribution in [2.45, 2.75) is 20.3 Å². The third-order valence-electron chi connectivity index (χ3n) is 3.28. The Hall–Kier alpha value is -2.89. The van der Waals surface area contributed by atoms with E-state index in [4.69, 9.17) is 4.74 Å². The van der Waals surface area contributed by atoms with Crippen molar-refractivity contribution in [2.75, 3.05) is 17.7 Å². The fraction of sp³-hybridized carbons (Fsp3) is 0.235. The van der Waals surface area contributed by atoms with Gasteiger partial charge < -0.3 is 15.4 Å². The van der Waals surface area contributed by atoms with Crippen LogP contribution in [0.5, 0.6) is 5.75 Å². The number of amides is 2. The summed E-state index contributed by atoms with van der Waals surface area (Å²) in [6.45, 7) is 3.61. The number of carbonyl (C=O) groups is 2. The highest BCUT2D eigenvalue weighted by Gasteiger charge is 2.10. The van der Waals surface area contributed by atoms with Gasteiger partial charge in [-0.15, -0.1) is 0 Å². The fourth-order valence-corrected chi connectivity index (χ4v) is 1.95. The minimum Gasteiger partial charge on any atom is -0.497 e. The van der Waals surface area contributed by atoms with E-state index >= 15 is 0 Å². The molecule has 0 saturated heterocycles. The summed E-state index contributed by atoms with van der Waals surface area (Å²) >= 11 is 0. The van der Waals surface area contributed by atoms with Crippen LogP contribution in [-0.2, 0) is 4.79 Å². The van der Waals surface area contributed by atoms with E-state index in [0.717, 1.165) is 5.56 Å². The molecule has 23 heavy (non-hydrogen) atoms. The number of nitrogens with zero attached hydrogens (tertiary/aromatic N) is 1. The summed E-state index contributed by atoms with van der Waals surface area (Å²) in [6, 6.07) is 8.61. The predicted molar refractivity (Wildman–Crippen MR) is 88.8 cm³/mol. The Morgan fingerprint density at radius 3 is 2.65 bits per heavy atom. The van der Waals surface area contributed by atoms with Gasteiger partial charge in [0.15, 0.2) is 0 Å². The van der Waals surface area contributed by atoms with Crippen LogP contribution in [0.15, 0.2) is 36.5 Å². The molecule has 2 N–H and O–H groups in total. The molecule has 0 atom stereocenters. The molecule has 6 nitrogen and oxygen atoms in total. The van der Waals surface area contributed by atoms with E-state index < -0.39 is 0 Å². The molecule has 2 amide bonds. The predicted octanol–water partition coefficient (Wildman–Crippen LogP) is 3.00. The van der Waals surface area contributed by atoms with Crippen LogP contribution in [0.4, 0.5) is 11.5 Å². The Balaban J connectivity index is 2.13. The van der Waals surface area contributed by atoms with Gasteiger partial charge in [-0.2, -0.15) is 0 Å². The topological polar surface area (TPSA) is 80.3 Å². The van der Waals surface area contributed by atoms with Gasteiger partial charge in [0.05, 0.1) is 19.0 Å². The zero-order valence-corrected chi connectivity index (χ0v) is 13.3. The average molecular weight is 313 g/mol. The summed E-state index contributed by atoms with van der Waals surface area (Å²) in [5.74, 6) is 0.725. The summed E-state index contributed by atoms with van der Waals surface area (Å²) in [5, 5.41) is 5.48. The van der Waals surface area contributed by atoms with Gasteiger partial charge in [0, 0.05) is 12.0 Å². The summed E-state index contributed by atoms with van der Waals surface area (Å²) in [6.07, 6.45) is 1.91. The largest absolute Gasteiger partial charge is 0.497 e. The Morgan fingerprint density at radius 2 is 2.00 bits per heavy atom. The highest BCUT2D eigenvalue weighted by Crippen LogP contribution is 2.19. The van der Waals surface area contributed by atoms with E-state index in [9.17, 15) is 9.59 Å². The zero-order chi connectivity index (χ0) is 16.8. The van der Waals surface area contributed by atoms with Gasteiger partial charge >= 0.3 is 0 Å². The molecule has 1 heterocycles. The standard InChI is InChI=1S/C17H19N3O3/c1-4-16(21)20-15-8-11(2)14(10-18-15)19-17(22)12-6-5-7-13(9-12)23-3/h5-10H,4H2,1-3H3,(H,19,22)(H,18,20,21). The highest BCUT2D eigenvalue weighted by molar-refractivity contribution is 6.04. The van der Waals surface area contributed by atoms with Crippen molar-refractivity contribution < 1.29 is 14.3 Å². The molecule has 0 radical (unpaired) electrons. The van der Waals surface area contributed by atoms with E-state index in [1.165, 1.54) is 6.20 Å². The monoisotopic (exact) mass is 313 g/mol. The van der Waals surface area contributed by atoms with Crippen LogP contribution in [0.1, 0.15) is 29.3 Å². The molecule has 0 fully saturated rings. The first-order valence-electron chi connectivity index (χ1n) is 7.25. The Bertz CT molecular complexity index is 729. The van der Waals surface area contributed by atoms with Crippen molar-refractivity contribution in [1.29, 1.82) is 0 Å². The molecule has 0 aliphatic rings. The van der Waals surface area contributed by atoms with E-state index in [1.54, 1.807) is 44.4 Å². The lowest BCUT2D eigenvalue weighted by molar-refractivity contribution is -0.115. The van der Waals surface area contributed by atoms with Crippen LogP contribution in [0.3, 0.4) is 0 Å². The second-order valence-corrected chi connectivity index (χ2v) is 4.97. The second kappa shape index (κ2) is 7.40. The summed E-state index contributed by atoms with van der Waals surface area (Å²) in [5.41, 5.74) is 1.89. The molecule has 120 valence electrons. The number of methoxy groups -OCH3 is 1. The maximum atomic E-state index is 12.3. The molecule has 0 aliphatic heterocycles. The number of aromatic nitrogens is 1. The average Bonchev–Trinajstić information content (AvgIpc) is 2.57. The summed E-state index contributed by atoms with van der Waals surface area (Å²) in [7, 11) is 1.55. The van der Waals surface area contributed by atoms with Gasteiger partial charge in [-0.3, -0.25) is 9.59 Å². The molecule has 2 aromatic rings. The minimum absolute atomic E-state index is 0.106. The van der Waals surface area contributed by atoms with Crippen molar-refractivity contribution in [3.63, 3.8) is 0 Å². The number of aryl methyl sites for hydroxylation is 1. The third-order valence-corrected chi connectivity index (χ3v) is 3.28. The quantitative estimate of drug-likeness (QED) is 0.889. The van der Waals surface area contributed by atoms with Crippen LogP contribution in [0.2, 0.25) is 0 Å². The highest BCUT2D eigenvalue weighted by atomic mass is 16.5. The van der Waals surface area contributed by atoms with E-state index in [-0.39, 0.29) is 11.8 Å². The van der Waals surface area contributed by atoms with Gasteiger partial charge in [-0.05, 0) is 36.8 Å². The molecule has 1 aromatic heterocycles. The molecule has 0 aliphatic carbocycles. The first-order valence-corrected chi connectivity index (χ1v) is 7.25. The lowest BCUT2D eigenvalue weighted by atomic mass is 10.2. The number of ether oxygens (including phenoxy) is 1. The minimum atomic E-state index is -0.251. The zero-order valence-electron chi connectivity index (χ0n) is 13.3. The SMILES string of the molecule is CCC(=O)Nc1cc(C)c(NC(=O)c2cccc(OC)c2)cn1. The van der Waals surface area contributed by atoms with E-state index in [2.05, 4.69) is 15.6 Å². The van der Waals surface area contributed by atoms with Gasteiger partial charge in [-0.1, -0.05) is 13.0 Å². The fourth-order valence-electron chi connectivity index (χ4n) is 1.95. The van der Waals surface area contributed by atoms with Crippen LogP contribution in [0, 0.1) is 6.92 Å². The number of anilines is 2. The Kier molecular flexibility index (Phi) is 5.30. The molecule has 0 unspecified atom stereocenters. The molecule has 0 spiro atoms. The van der Waals surface area contributed by atoms with Crippen LogP contribution in [0.25, 0.3) is 0 Å². The van der Waals surface area contributed by atoms with Crippen molar-refractivity contribution >= 4 is 23.3 Å². The van der Waals surface area contributed by atoms with Crippen LogP contribution < -0.4 is 15.4 Å². The Labute approximate surface area is 134 Å². The third kappa shape index (κ3) is 4.29. The van der Waals surface area contributed by atoms with Gasteiger partial charge in [0.25, 0.3) is 5.91 Å². The number of carbonyl (C=O) groups excluding carboxylic acids is 2. The number of hydrogen-bond donors (Lipinski definition) is 2. The number of nitrogens with one attached hydrogen (secondary N) is 2. The first kappa shape index (κ1) is 16.5. The molecule has 6 heteroatoms. The maximum absolute atomic E-state index is 12.3. The summed E-state index contributed by atoms with van der Waals surface area (Å²) < 4.78 is 5.11. The smallest absolute Gasteiger partial charge is 0.255 e. The molecule has 1 aromatic carbocycles. The Morgan fingerprint density at radius 1 is 1.22 bits per heavy atom. The molecular formula is C17H19N3O3. The van der Waals surface area contributed by atoms with Crippen molar-refractivity contribution in [3.05, 3.63) is 47.7 Å². The van der Waals surface area contributed by atoms with Crippen molar-refractivity contribution in [1.82, 2.24) is 4.98 Å². The summed E-state index contributed by atoms with van der Waals surface area (Å²) in [4.78, 5) is 27.8. The number of hydrogen-bond acceptors (Lipinski definition) is 4. The lowest BCUT2D eigenvalue weighted by Gasteiger charge is -2.10. The van der Waals surface area contributed by atoms with Crippen molar-refractivity contribution in [3.8, 4) is 5.75 Å². The molecule has 0 saturated carbocycles. The molecular weight excluding hydrogens is 294 g/mol. The number of pyridine rings is 1. The van der Waals surface area contributed by atoms with E-state index in [0.29, 0.717) is 29.2 Å². The second-order valence-electron chi connectivity index (χ2n) is 4.97.